The Hall–Kier alpha value is -1.68. The zero-order valence-electron chi connectivity index (χ0n) is 9.89. The highest BCUT2D eigenvalue weighted by molar-refractivity contribution is 9.10. The molecule has 0 aliphatic heterocycles. The first kappa shape index (κ1) is 12.8. The van der Waals surface area contributed by atoms with Crippen LogP contribution in [0.1, 0.15) is 22.8 Å². The van der Waals surface area contributed by atoms with Crippen molar-refractivity contribution in [1.29, 1.82) is 0 Å². The highest BCUT2D eigenvalue weighted by atomic mass is 79.9. The van der Waals surface area contributed by atoms with Gasteiger partial charge in [0.1, 0.15) is 12.4 Å². The second kappa shape index (κ2) is 5.78. The van der Waals surface area contributed by atoms with Gasteiger partial charge in [-0.05, 0) is 31.2 Å². The zero-order valence-corrected chi connectivity index (χ0v) is 11.5. The average Bonchev–Trinajstić information content (AvgIpc) is 2.37. The summed E-state index contributed by atoms with van der Waals surface area (Å²) < 4.78 is 6.56. The predicted molar refractivity (Wildman–Crippen MR) is 72.7 cm³/mol. The number of hydrogen-bond donors (Lipinski definition) is 0. The summed E-state index contributed by atoms with van der Waals surface area (Å²) >= 11 is 3.37. The van der Waals surface area contributed by atoms with Crippen molar-refractivity contribution in [2.75, 3.05) is 0 Å². The Morgan fingerprint density at radius 1 is 1.39 bits per heavy atom. The van der Waals surface area contributed by atoms with Gasteiger partial charge in [-0.3, -0.25) is 9.78 Å². The molecule has 0 aliphatic rings. The van der Waals surface area contributed by atoms with E-state index in [1.54, 1.807) is 24.5 Å². The van der Waals surface area contributed by atoms with Crippen LogP contribution in [0.25, 0.3) is 0 Å². The number of Topliss-reactive ketones (excluding diaryl/α,β-unsaturated/α-hetero) is 1. The van der Waals surface area contributed by atoms with E-state index in [0.29, 0.717) is 17.9 Å². The average molecular weight is 306 g/mol. The van der Waals surface area contributed by atoms with Crippen LogP contribution in [0.5, 0.6) is 5.75 Å². The minimum Gasteiger partial charge on any atom is -0.488 e. The number of ether oxygens (including phenoxy) is 1. The smallest absolute Gasteiger partial charge is 0.163 e. The third kappa shape index (κ3) is 3.17. The zero-order chi connectivity index (χ0) is 13.0. The van der Waals surface area contributed by atoms with Gasteiger partial charge in [0.25, 0.3) is 0 Å². The molecule has 0 amide bonds. The number of pyridine rings is 1. The number of benzene rings is 1. The summed E-state index contributed by atoms with van der Waals surface area (Å²) in [7, 11) is 0. The second-order valence-corrected chi connectivity index (χ2v) is 4.76. The van der Waals surface area contributed by atoms with Gasteiger partial charge in [0.15, 0.2) is 5.78 Å². The van der Waals surface area contributed by atoms with Gasteiger partial charge in [-0.2, -0.15) is 0 Å². The Labute approximate surface area is 114 Å². The number of halogens is 1. The van der Waals surface area contributed by atoms with Crippen molar-refractivity contribution < 1.29 is 9.53 Å². The van der Waals surface area contributed by atoms with Crippen molar-refractivity contribution in [2.45, 2.75) is 13.5 Å². The van der Waals surface area contributed by atoms with E-state index >= 15 is 0 Å². The van der Waals surface area contributed by atoms with E-state index in [4.69, 9.17) is 4.74 Å². The summed E-state index contributed by atoms with van der Waals surface area (Å²) in [5.74, 6) is 0.574. The number of ketones is 1. The maximum atomic E-state index is 11.5. The first-order valence-corrected chi connectivity index (χ1v) is 6.28. The maximum absolute atomic E-state index is 11.5. The van der Waals surface area contributed by atoms with E-state index in [9.17, 15) is 4.79 Å². The molecule has 0 saturated heterocycles. The standard InChI is InChI=1S/C14H12BrNO2/c1-10(17)13-5-4-12(15)7-14(13)18-9-11-3-2-6-16-8-11/h2-8H,9H2,1H3. The van der Waals surface area contributed by atoms with Crippen molar-refractivity contribution in [2.24, 2.45) is 0 Å². The maximum Gasteiger partial charge on any atom is 0.163 e. The molecule has 0 radical (unpaired) electrons. The molecule has 0 saturated carbocycles. The molecular weight excluding hydrogens is 294 g/mol. The van der Waals surface area contributed by atoms with Crippen molar-refractivity contribution in [3.8, 4) is 5.75 Å². The SMILES string of the molecule is CC(=O)c1ccc(Br)cc1OCc1cccnc1. The van der Waals surface area contributed by atoms with Crippen molar-refractivity contribution in [3.05, 3.63) is 58.3 Å². The second-order valence-electron chi connectivity index (χ2n) is 3.85. The van der Waals surface area contributed by atoms with Gasteiger partial charge in [-0.25, -0.2) is 0 Å². The number of rotatable bonds is 4. The fraction of sp³-hybridized carbons (Fsp3) is 0.143. The summed E-state index contributed by atoms with van der Waals surface area (Å²) in [6.07, 6.45) is 3.45. The monoisotopic (exact) mass is 305 g/mol. The third-order valence-corrected chi connectivity index (χ3v) is 2.93. The van der Waals surface area contributed by atoms with Crippen LogP contribution >= 0.6 is 15.9 Å². The Bertz CT molecular complexity index is 555. The van der Waals surface area contributed by atoms with E-state index < -0.39 is 0 Å². The number of carbonyl (C=O) groups excluding carboxylic acids is 1. The van der Waals surface area contributed by atoms with Gasteiger partial charge in [-0.1, -0.05) is 22.0 Å². The summed E-state index contributed by atoms with van der Waals surface area (Å²) in [5, 5.41) is 0. The lowest BCUT2D eigenvalue weighted by Crippen LogP contribution is -2.01. The molecule has 4 heteroatoms. The first-order chi connectivity index (χ1) is 8.66. The summed E-state index contributed by atoms with van der Waals surface area (Å²) in [4.78, 5) is 15.5. The topological polar surface area (TPSA) is 39.2 Å². The van der Waals surface area contributed by atoms with Gasteiger partial charge >= 0.3 is 0 Å². The molecule has 1 aromatic heterocycles. The number of aromatic nitrogens is 1. The van der Waals surface area contributed by atoms with Crippen LogP contribution in [-0.2, 0) is 6.61 Å². The highest BCUT2D eigenvalue weighted by Gasteiger charge is 2.09. The van der Waals surface area contributed by atoms with E-state index in [1.165, 1.54) is 6.92 Å². The van der Waals surface area contributed by atoms with E-state index in [1.807, 2.05) is 18.2 Å². The van der Waals surface area contributed by atoms with Crippen molar-refractivity contribution in [3.63, 3.8) is 0 Å². The van der Waals surface area contributed by atoms with Gasteiger partial charge in [-0.15, -0.1) is 0 Å². The fourth-order valence-corrected chi connectivity index (χ4v) is 1.89. The molecular formula is C14H12BrNO2. The summed E-state index contributed by atoms with van der Waals surface area (Å²) in [6, 6.07) is 9.16. The van der Waals surface area contributed by atoms with E-state index in [0.717, 1.165) is 10.0 Å². The minimum atomic E-state index is -0.0105. The minimum absolute atomic E-state index is 0.0105. The molecule has 1 heterocycles. The predicted octanol–water partition coefficient (Wildman–Crippen LogP) is 3.63. The Morgan fingerprint density at radius 3 is 2.89 bits per heavy atom. The Balaban J connectivity index is 2.18. The molecule has 0 N–H and O–H groups in total. The van der Waals surface area contributed by atoms with Crippen LogP contribution < -0.4 is 4.74 Å². The van der Waals surface area contributed by atoms with Crippen LogP contribution in [0.4, 0.5) is 0 Å². The normalized spacial score (nSPS) is 10.1. The third-order valence-electron chi connectivity index (χ3n) is 2.44. The molecule has 0 unspecified atom stereocenters. The molecule has 0 atom stereocenters. The number of carbonyl (C=O) groups is 1. The molecule has 92 valence electrons. The van der Waals surface area contributed by atoms with Crippen LogP contribution in [-0.4, -0.2) is 10.8 Å². The Kier molecular flexibility index (Phi) is 4.10. The van der Waals surface area contributed by atoms with E-state index in [2.05, 4.69) is 20.9 Å². The molecule has 1 aromatic carbocycles. The molecule has 0 bridgehead atoms. The lowest BCUT2D eigenvalue weighted by atomic mass is 10.1. The van der Waals surface area contributed by atoms with Crippen LogP contribution in [0.15, 0.2) is 47.2 Å². The lowest BCUT2D eigenvalue weighted by Gasteiger charge is -2.10. The van der Waals surface area contributed by atoms with E-state index in [-0.39, 0.29) is 5.78 Å². The number of nitrogens with zero attached hydrogens (tertiary/aromatic N) is 1. The molecule has 3 nitrogen and oxygen atoms in total. The molecule has 2 rings (SSSR count). The van der Waals surface area contributed by atoms with Crippen LogP contribution in [0, 0.1) is 0 Å². The van der Waals surface area contributed by atoms with Crippen molar-refractivity contribution >= 4 is 21.7 Å². The number of hydrogen-bond acceptors (Lipinski definition) is 3. The molecule has 0 aliphatic carbocycles. The van der Waals surface area contributed by atoms with Gasteiger partial charge in [0, 0.05) is 22.4 Å². The first-order valence-electron chi connectivity index (χ1n) is 5.49. The molecule has 0 spiro atoms. The molecule has 18 heavy (non-hydrogen) atoms. The van der Waals surface area contributed by atoms with Crippen LogP contribution in [0.3, 0.4) is 0 Å². The summed E-state index contributed by atoms with van der Waals surface area (Å²) in [6.45, 7) is 1.92. The largest absolute Gasteiger partial charge is 0.488 e. The quantitative estimate of drug-likeness (QED) is 0.810. The van der Waals surface area contributed by atoms with Crippen LogP contribution in [0.2, 0.25) is 0 Å². The van der Waals surface area contributed by atoms with Gasteiger partial charge in [0.2, 0.25) is 0 Å². The Morgan fingerprint density at radius 2 is 2.22 bits per heavy atom. The van der Waals surface area contributed by atoms with Crippen molar-refractivity contribution in [1.82, 2.24) is 4.98 Å². The van der Waals surface area contributed by atoms with Gasteiger partial charge in [0.05, 0.1) is 5.56 Å². The summed E-state index contributed by atoms with van der Waals surface area (Å²) in [5.41, 5.74) is 1.55. The lowest BCUT2D eigenvalue weighted by molar-refractivity contribution is 0.101. The van der Waals surface area contributed by atoms with Gasteiger partial charge < -0.3 is 4.74 Å². The molecule has 2 aromatic rings. The fourth-order valence-electron chi connectivity index (χ4n) is 1.55. The highest BCUT2D eigenvalue weighted by Crippen LogP contribution is 2.25. The molecule has 0 fully saturated rings.